The Bertz CT molecular complexity index is 518. The molecule has 0 saturated carbocycles. The van der Waals surface area contributed by atoms with Crippen molar-refractivity contribution in [1.82, 2.24) is 25.5 Å². The zero-order valence-corrected chi connectivity index (χ0v) is 11.8. The minimum Gasteiger partial charge on any atom is -0.310 e. The Morgan fingerprint density at radius 1 is 1.26 bits per heavy atom. The van der Waals surface area contributed by atoms with E-state index in [0.29, 0.717) is 12.5 Å². The van der Waals surface area contributed by atoms with Crippen molar-refractivity contribution in [2.24, 2.45) is 0 Å². The molecular formula is C14H21N5. The predicted octanol–water partition coefficient (Wildman–Crippen LogP) is 2.29. The fraction of sp³-hybridized carbons (Fsp3) is 0.500. The standard InChI is InChI=1S/C14H21N5/c1-4-9-15-10-14-16-17-18-19(14)13-8-6-5-7-12(13)11(2)3/h5-8,11,15H,4,9-10H2,1-3H3. The van der Waals surface area contributed by atoms with E-state index in [0.717, 1.165) is 24.5 Å². The van der Waals surface area contributed by atoms with Gasteiger partial charge in [0.05, 0.1) is 12.2 Å². The molecule has 0 radical (unpaired) electrons. The number of rotatable bonds is 6. The van der Waals surface area contributed by atoms with Crippen LogP contribution in [0.5, 0.6) is 0 Å². The molecule has 0 saturated heterocycles. The SMILES string of the molecule is CCCNCc1nnnn1-c1ccccc1C(C)C. The number of aromatic nitrogens is 4. The maximum Gasteiger partial charge on any atom is 0.170 e. The van der Waals surface area contributed by atoms with Gasteiger partial charge >= 0.3 is 0 Å². The van der Waals surface area contributed by atoms with Gasteiger partial charge in [-0.05, 0) is 40.9 Å². The van der Waals surface area contributed by atoms with E-state index in [2.05, 4.69) is 59.8 Å². The number of benzene rings is 1. The summed E-state index contributed by atoms with van der Waals surface area (Å²) in [6.07, 6.45) is 1.10. The lowest BCUT2D eigenvalue weighted by molar-refractivity contribution is 0.630. The van der Waals surface area contributed by atoms with Crippen LogP contribution in [-0.2, 0) is 6.54 Å². The minimum absolute atomic E-state index is 0.442. The third kappa shape index (κ3) is 3.17. The Morgan fingerprint density at radius 2 is 2.05 bits per heavy atom. The molecule has 0 unspecified atom stereocenters. The van der Waals surface area contributed by atoms with Gasteiger partial charge in [-0.15, -0.1) is 5.10 Å². The molecule has 1 heterocycles. The average Bonchev–Trinajstić information content (AvgIpc) is 2.87. The van der Waals surface area contributed by atoms with Crippen molar-refractivity contribution in [3.63, 3.8) is 0 Å². The van der Waals surface area contributed by atoms with Crippen molar-refractivity contribution in [3.05, 3.63) is 35.7 Å². The summed E-state index contributed by atoms with van der Waals surface area (Å²) >= 11 is 0. The first-order valence-corrected chi connectivity index (χ1v) is 6.81. The number of hydrogen-bond donors (Lipinski definition) is 1. The molecule has 5 heteroatoms. The van der Waals surface area contributed by atoms with E-state index in [1.807, 2.05) is 10.7 Å². The fourth-order valence-electron chi connectivity index (χ4n) is 2.05. The first-order chi connectivity index (χ1) is 9.24. The Morgan fingerprint density at radius 3 is 2.79 bits per heavy atom. The zero-order chi connectivity index (χ0) is 13.7. The molecule has 0 aliphatic rings. The van der Waals surface area contributed by atoms with Crippen molar-refractivity contribution in [3.8, 4) is 5.69 Å². The molecule has 0 amide bonds. The first kappa shape index (κ1) is 13.7. The molecule has 0 spiro atoms. The Kier molecular flexibility index (Phi) is 4.63. The summed E-state index contributed by atoms with van der Waals surface area (Å²) in [5.41, 5.74) is 2.32. The molecule has 0 atom stereocenters. The van der Waals surface area contributed by atoms with E-state index in [1.54, 1.807) is 0 Å². The third-order valence-electron chi connectivity index (χ3n) is 3.03. The van der Waals surface area contributed by atoms with Gasteiger partial charge in [-0.3, -0.25) is 0 Å². The summed E-state index contributed by atoms with van der Waals surface area (Å²) in [6.45, 7) is 8.16. The maximum absolute atomic E-state index is 4.12. The Labute approximate surface area is 114 Å². The van der Waals surface area contributed by atoms with Crippen LogP contribution in [0.2, 0.25) is 0 Å². The van der Waals surface area contributed by atoms with Gasteiger partial charge in [-0.25, -0.2) is 0 Å². The van der Waals surface area contributed by atoms with Crippen molar-refractivity contribution in [2.45, 2.75) is 39.7 Å². The zero-order valence-electron chi connectivity index (χ0n) is 11.8. The van der Waals surface area contributed by atoms with Gasteiger partial charge in [0.25, 0.3) is 0 Å². The lowest BCUT2D eigenvalue weighted by atomic mass is 10.0. The predicted molar refractivity (Wildman–Crippen MR) is 75.2 cm³/mol. The van der Waals surface area contributed by atoms with Gasteiger partial charge in [0.15, 0.2) is 5.82 Å². The lowest BCUT2D eigenvalue weighted by Crippen LogP contribution is -2.18. The summed E-state index contributed by atoms with van der Waals surface area (Å²) in [7, 11) is 0. The van der Waals surface area contributed by atoms with Crippen LogP contribution in [0.15, 0.2) is 24.3 Å². The second-order valence-electron chi connectivity index (χ2n) is 4.90. The lowest BCUT2D eigenvalue weighted by Gasteiger charge is -2.13. The van der Waals surface area contributed by atoms with Crippen LogP contribution in [-0.4, -0.2) is 26.8 Å². The summed E-state index contributed by atoms with van der Waals surface area (Å²) in [5, 5.41) is 15.4. The smallest absolute Gasteiger partial charge is 0.170 e. The van der Waals surface area contributed by atoms with E-state index in [4.69, 9.17) is 0 Å². The Balaban J connectivity index is 2.29. The van der Waals surface area contributed by atoms with Gasteiger partial charge in [0, 0.05) is 0 Å². The number of nitrogens with zero attached hydrogens (tertiary/aromatic N) is 4. The molecule has 19 heavy (non-hydrogen) atoms. The molecule has 5 nitrogen and oxygen atoms in total. The van der Waals surface area contributed by atoms with E-state index in [-0.39, 0.29) is 0 Å². The highest BCUT2D eigenvalue weighted by Crippen LogP contribution is 2.22. The van der Waals surface area contributed by atoms with Gasteiger partial charge in [-0.1, -0.05) is 39.0 Å². The quantitative estimate of drug-likeness (QED) is 0.809. The van der Waals surface area contributed by atoms with Gasteiger partial charge in [0.2, 0.25) is 0 Å². The highest BCUT2D eigenvalue weighted by atomic mass is 15.5. The molecule has 0 aliphatic carbocycles. The highest BCUT2D eigenvalue weighted by molar-refractivity contribution is 5.42. The van der Waals surface area contributed by atoms with Crippen molar-refractivity contribution in [2.75, 3.05) is 6.54 Å². The van der Waals surface area contributed by atoms with E-state index in [1.165, 1.54) is 5.56 Å². The van der Waals surface area contributed by atoms with Crippen LogP contribution in [0.1, 0.15) is 44.5 Å². The molecule has 0 fully saturated rings. The van der Waals surface area contributed by atoms with Crippen LogP contribution in [0, 0.1) is 0 Å². The number of tetrazole rings is 1. The van der Waals surface area contributed by atoms with E-state index in [9.17, 15) is 0 Å². The van der Waals surface area contributed by atoms with Crippen molar-refractivity contribution >= 4 is 0 Å². The molecule has 1 N–H and O–H groups in total. The van der Waals surface area contributed by atoms with Crippen LogP contribution in [0.3, 0.4) is 0 Å². The van der Waals surface area contributed by atoms with Gasteiger partial charge < -0.3 is 5.32 Å². The maximum atomic E-state index is 4.12. The average molecular weight is 259 g/mol. The number of hydrogen-bond acceptors (Lipinski definition) is 4. The van der Waals surface area contributed by atoms with Crippen LogP contribution in [0.25, 0.3) is 5.69 Å². The molecule has 1 aromatic heterocycles. The molecule has 2 rings (SSSR count). The molecule has 102 valence electrons. The van der Waals surface area contributed by atoms with Crippen molar-refractivity contribution in [1.29, 1.82) is 0 Å². The summed E-state index contributed by atoms with van der Waals surface area (Å²) < 4.78 is 1.83. The monoisotopic (exact) mass is 259 g/mol. The topological polar surface area (TPSA) is 55.6 Å². The summed E-state index contributed by atoms with van der Waals surface area (Å²) in [4.78, 5) is 0. The van der Waals surface area contributed by atoms with E-state index < -0.39 is 0 Å². The second kappa shape index (κ2) is 6.43. The third-order valence-corrected chi connectivity index (χ3v) is 3.03. The van der Waals surface area contributed by atoms with Crippen LogP contribution < -0.4 is 5.32 Å². The summed E-state index contributed by atoms with van der Waals surface area (Å²) in [6, 6.07) is 8.27. The molecule has 2 aromatic rings. The van der Waals surface area contributed by atoms with Gasteiger partial charge in [0.1, 0.15) is 0 Å². The van der Waals surface area contributed by atoms with Gasteiger partial charge in [-0.2, -0.15) is 4.68 Å². The Hall–Kier alpha value is -1.75. The fourth-order valence-corrected chi connectivity index (χ4v) is 2.05. The van der Waals surface area contributed by atoms with Crippen LogP contribution >= 0.6 is 0 Å². The minimum atomic E-state index is 0.442. The molecule has 0 aliphatic heterocycles. The normalized spacial score (nSPS) is 11.2. The first-order valence-electron chi connectivity index (χ1n) is 6.81. The molecule has 0 bridgehead atoms. The molecular weight excluding hydrogens is 238 g/mol. The van der Waals surface area contributed by atoms with Crippen molar-refractivity contribution < 1.29 is 0 Å². The van der Waals surface area contributed by atoms with E-state index >= 15 is 0 Å². The largest absolute Gasteiger partial charge is 0.310 e. The number of para-hydroxylation sites is 1. The highest BCUT2D eigenvalue weighted by Gasteiger charge is 2.13. The summed E-state index contributed by atoms with van der Waals surface area (Å²) in [5.74, 6) is 1.29. The number of nitrogens with one attached hydrogen (secondary N) is 1. The molecule has 1 aromatic carbocycles. The second-order valence-corrected chi connectivity index (χ2v) is 4.90. The van der Waals surface area contributed by atoms with Crippen LogP contribution in [0.4, 0.5) is 0 Å².